The van der Waals surface area contributed by atoms with Crippen molar-refractivity contribution in [1.29, 1.82) is 5.26 Å². The normalized spacial score (nSPS) is 11.1. The predicted octanol–water partition coefficient (Wildman–Crippen LogP) is 1.19. The molecule has 5 nitrogen and oxygen atoms in total. The monoisotopic (exact) mass is 233 g/mol. The number of hydrogen-bond acceptors (Lipinski definition) is 5. The van der Waals surface area contributed by atoms with E-state index in [2.05, 4.69) is 4.74 Å². The van der Waals surface area contributed by atoms with Crippen molar-refractivity contribution < 1.29 is 19.1 Å². The van der Waals surface area contributed by atoms with Crippen molar-refractivity contribution in [2.45, 2.75) is 0 Å². The summed E-state index contributed by atoms with van der Waals surface area (Å²) in [5.74, 6) is -2.41. The van der Waals surface area contributed by atoms with Gasteiger partial charge in [0.15, 0.2) is 5.78 Å². The Labute approximate surface area is 98.6 Å². The molecule has 0 saturated carbocycles. The van der Waals surface area contributed by atoms with Crippen molar-refractivity contribution in [1.82, 2.24) is 0 Å². The van der Waals surface area contributed by atoms with Crippen LogP contribution in [0.4, 0.5) is 0 Å². The molecule has 88 valence electrons. The Morgan fingerprint density at radius 1 is 1.35 bits per heavy atom. The minimum absolute atomic E-state index is 0.237. The Hall–Kier alpha value is -2.35. The maximum atomic E-state index is 11.9. The molecule has 0 aliphatic carbocycles. The summed E-state index contributed by atoms with van der Waals surface area (Å²) in [6.07, 6.45) is 0. The van der Waals surface area contributed by atoms with Gasteiger partial charge in [-0.3, -0.25) is 9.59 Å². The van der Waals surface area contributed by atoms with E-state index in [0.717, 1.165) is 7.11 Å². The van der Waals surface area contributed by atoms with E-state index in [0.29, 0.717) is 5.75 Å². The number of Topliss-reactive ketones (excluding diaryl/α,β-unsaturated/α-hetero) is 1. The van der Waals surface area contributed by atoms with Crippen LogP contribution in [0.25, 0.3) is 0 Å². The summed E-state index contributed by atoms with van der Waals surface area (Å²) in [5.41, 5.74) is 0.237. The highest BCUT2D eigenvalue weighted by Gasteiger charge is 2.28. The largest absolute Gasteiger partial charge is 0.497 e. The molecule has 0 aliphatic heterocycles. The molecule has 0 spiro atoms. The van der Waals surface area contributed by atoms with Gasteiger partial charge in [0.05, 0.1) is 20.3 Å². The summed E-state index contributed by atoms with van der Waals surface area (Å²) < 4.78 is 9.34. The molecule has 17 heavy (non-hydrogen) atoms. The molecule has 0 N–H and O–H groups in total. The lowest BCUT2D eigenvalue weighted by Crippen LogP contribution is -2.23. The summed E-state index contributed by atoms with van der Waals surface area (Å²) >= 11 is 0. The first-order valence-electron chi connectivity index (χ1n) is 4.79. The molecule has 1 aromatic carbocycles. The molecule has 1 aromatic rings. The Balaban J connectivity index is 3.02. The van der Waals surface area contributed by atoms with Gasteiger partial charge >= 0.3 is 5.97 Å². The Morgan fingerprint density at radius 2 is 2.06 bits per heavy atom. The maximum Gasteiger partial charge on any atom is 0.331 e. The molecular formula is C12H11NO4. The highest BCUT2D eigenvalue weighted by molar-refractivity contribution is 6.10. The fourth-order valence-corrected chi connectivity index (χ4v) is 1.28. The molecule has 0 bridgehead atoms. The van der Waals surface area contributed by atoms with Gasteiger partial charge in [-0.05, 0) is 12.1 Å². The van der Waals surface area contributed by atoms with E-state index in [9.17, 15) is 9.59 Å². The third-order valence-corrected chi connectivity index (χ3v) is 2.18. The standard InChI is InChI=1S/C12H11NO4/c1-16-9-5-3-4-8(6-9)11(14)10(7-13)12(15)17-2/h3-6,10H,1-2H3/t10-/m0/s1. The van der Waals surface area contributed by atoms with Gasteiger partial charge in [-0.25, -0.2) is 0 Å². The third kappa shape index (κ3) is 2.82. The van der Waals surface area contributed by atoms with Gasteiger partial charge in [0.2, 0.25) is 5.92 Å². The topological polar surface area (TPSA) is 76.4 Å². The maximum absolute atomic E-state index is 11.9. The summed E-state index contributed by atoms with van der Waals surface area (Å²) in [4.78, 5) is 23.1. The van der Waals surface area contributed by atoms with Crippen molar-refractivity contribution in [3.63, 3.8) is 0 Å². The van der Waals surface area contributed by atoms with Crippen molar-refractivity contribution in [3.8, 4) is 11.8 Å². The molecule has 0 fully saturated rings. The zero-order chi connectivity index (χ0) is 12.8. The van der Waals surface area contributed by atoms with Crippen LogP contribution in [-0.2, 0) is 9.53 Å². The van der Waals surface area contributed by atoms with E-state index < -0.39 is 17.7 Å². The smallest absolute Gasteiger partial charge is 0.331 e. The minimum atomic E-state index is -1.44. The first-order chi connectivity index (χ1) is 8.13. The second-order valence-electron chi connectivity index (χ2n) is 3.18. The van der Waals surface area contributed by atoms with Crippen molar-refractivity contribution >= 4 is 11.8 Å². The van der Waals surface area contributed by atoms with E-state index in [4.69, 9.17) is 10.00 Å². The Kier molecular flexibility index (Phi) is 4.23. The van der Waals surface area contributed by atoms with E-state index in [1.807, 2.05) is 0 Å². The van der Waals surface area contributed by atoms with Gasteiger partial charge in [0, 0.05) is 5.56 Å². The zero-order valence-corrected chi connectivity index (χ0v) is 9.47. The van der Waals surface area contributed by atoms with Crippen LogP contribution < -0.4 is 4.74 Å². The summed E-state index contributed by atoms with van der Waals surface area (Å²) in [6, 6.07) is 7.88. The quantitative estimate of drug-likeness (QED) is 0.443. The highest BCUT2D eigenvalue weighted by atomic mass is 16.5. The summed E-state index contributed by atoms with van der Waals surface area (Å²) in [5, 5.41) is 8.78. The van der Waals surface area contributed by atoms with Crippen LogP contribution in [0.2, 0.25) is 0 Å². The third-order valence-electron chi connectivity index (χ3n) is 2.18. The molecular weight excluding hydrogens is 222 g/mol. The molecule has 5 heteroatoms. The van der Waals surface area contributed by atoms with Gasteiger partial charge in [-0.2, -0.15) is 5.26 Å². The lowest BCUT2D eigenvalue weighted by atomic mass is 9.99. The fourth-order valence-electron chi connectivity index (χ4n) is 1.28. The van der Waals surface area contributed by atoms with Crippen molar-refractivity contribution in [2.75, 3.05) is 14.2 Å². The molecule has 0 heterocycles. The number of carbonyl (C=O) groups is 2. The second-order valence-corrected chi connectivity index (χ2v) is 3.18. The predicted molar refractivity (Wildman–Crippen MR) is 58.4 cm³/mol. The Bertz CT molecular complexity index is 476. The molecule has 0 unspecified atom stereocenters. The number of ether oxygens (including phenoxy) is 2. The lowest BCUT2D eigenvalue weighted by Gasteiger charge is -2.07. The van der Waals surface area contributed by atoms with Crippen LogP contribution in [0, 0.1) is 17.2 Å². The molecule has 0 radical (unpaired) electrons. The first kappa shape index (κ1) is 12.7. The molecule has 0 saturated heterocycles. The number of ketones is 1. The van der Waals surface area contributed by atoms with Crippen LogP contribution >= 0.6 is 0 Å². The second kappa shape index (κ2) is 5.66. The number of rotatable bonds is 4. The van der Waals surface area contributed by atoms with E-state index in [1.165, 1.54) is 19.2 Å². The lowest BCUT2D eigenvalue weighted by molar-refractivity contribution is -0.141. The summed E-state index contributed by atoms with van der Waals surface area (Å²) in [6.45, 7) is 0. The van der Waals surface area contributed by atoms with Gasteiger partial charge < -0.3 is 9.47 Å². The number of carbonyl (C=O) groups excluding carboxylic acids is 2. The van der Waals surface area contributed by atoms with E-state index >= 15 is 0 Å². The zero-order valence-electron chi connectivity index (χ0n) is 9.47. The van der Waals surface area contributed by atoms with Crippen LogP contribution in [0.1, 0.15) is 10.4 Å². The van der Waals surface area contributed by atoms with E-state index in [1.54, 1.807) is 18.2 Å². The summed E-state index contributed by atoms with van der Waals surface area (Å²) in [7, 11) is 2.59. The number of nitriles is 1. The number of benzene rings is 1. The van der Waals surface area contributed by atoms with Gasteiger partial charge in [0.25, 0.3) is 0 Å². The average Bonchev–Trinajstić information content (AvgIpc) is 2.39. The van der Waals surface area contributed by atoms with Gasteiger partial charge in [0.1, 0.15) is 5.75 Å². The molecule has 0 aliphatic rings. The van der Waals surface area contributed by atoms with Crippen LogP contribution in [0.3, 0.4) is 0 Å². The van der Waals surface area contributed by atoms with Crippen LogP contribution in [0.15, 0.2) is 24.3 Å². The Morgan fingerprint density at radius 3 is 2.59 bits per heavy atom. The number of hydrogen-bond donors (Lipinski definition) is 0. The fraction of sp³-hybridized carbons (Fsp3) is 0.250. The highest BCUT2D eigenvalue weighted by Crippen LogP contribution is 2.16. The van der Waals surface area contributed by atoms with Crippen LogP contribution in [-0.4, -0.2) is 26.0 Å². The molecule has 1 atom stereocenters. The van der Waals surface area contributed by atoms with Gasteiger partial charge in [-0.1, -0.05) is 12.1 Å². The minimum Gasteiger partial charge on any atom is -0.497 e. The average molecular weight is 233 g/mol. The van der Waals surface area contributed by atoms with Crippen LogP contribution in [0.5, 0.6) is 5.75 Å². The molecule has 0 amide bonds. The van der Waals surface area contributed by atoms with Crippen molar-refractivity contribution in [3.05, 3.63) is 29.8 Å². The molecule has 0 aromatic heterocycles. The SMILES string of the molecule is COC(=O)[C@@H](C#N)C(=O)c1cccc(OC)c1. The number of methoxy groups -OCH3 is 2. The van der Waals surface area contributed by atoms with Gasteiger partial charge in [-0.15, -0.1) is 0 Å². The molecule has 1 rings (SSSR count). The number of nitrogens with zero attached hydrogens (tertiary/aromatic N) is 1. The first-order valence-corrected chi connectivity index (χ1v) is 4.79. The number of esters is 1. The van der Waals surface area contributed by atoms with E-state index in [-0.39, 0.29) is 5.56 Å². The van der Waals surface area contributed by atoms with Crippen molar-refractivity contribution in [2.24, 2.45) is 5.92 Å².